The van der Waals surface area contributed by atoms with E-state index >= 15 is 0 Å². The zero-order chi connectivity index (χ0) is 13.1. The highest BCUT2D eigenvalue weighted by atomic mass is 79.9. The number of aryl methyl sites for hydroxylation is 1. The van der Waals surface area contributed by atoms with Crippen LogP contribution in [-0.2, 0) is 6.42 Å². The van der Waals surface area contributed by atoms with Gasteiger partial charge >= 0.3 is 0 Å². The van der Waals surface area contributed by atoms with E-state index in [2.05, 4.69) is 35.0 Å². The predicted molar refractivity (Wildman–Crippen MR) is 82.6 cm³/mol. The van der Waals surface area contributed by atoms with Gasteiger partial charge in [0.25, 0.3) is 0 Å². The quantitative estimate of drug-likeness (QED) is 0.605. The average Bonchev–Trinajstić information content (AvgIpc) is 2.32. The van der Waals surface area contributed by atoms with Gasteiger partial charge < -0.3 is 0 Å². The molecule has 94 valence electrons. The summed E-state index contributed by atoms with van der Waals surface area (Å²) >= 11 is 15.9. The van der Waals surface area contributed by atoms with Gasteiger partial charge in [0.15, 0.2) is 0 Å². The van der Waals surface area contributed by atoms with Crippen molar-refractivity contribution in [1.29, 1.82) is 0 Å². The van der Waals surface area contributed by atoms with Crippen molar-refractivity contribution < 1.29 is 0 Å². The molecule has 2 aromatic rings. The lowest BCUT2D eigenvalue weighted by atomic mass is 10.0. The zero-order valence-corrected chi connectivity index (χ0v) is 13.1. The Morgan fingerprint density at radius 3 is 2.61 bits per heavy atom. The molecule has 0 radical (unpaired) electrons. The van der Waals surface area contributed by atoms with E-state index < -0.39 is 0 Å². The van der Waals surface area contributed by atoms with Gasteiger partial charge in [-0.25, -0.2) is 0 Å². The second kappa shape index (κ2) is 6.10. The molecule has 3 heteroatoms. The van der Waals surface area contributed by atoms with Crippen LogP contribution in [0.5, 0.6) is 0 Å². The molecule has 2 aromatic carbocycles. The summed E-state index contributed by atoms with van der Waals surface area (Å²) in [7, 11) is 0. The van der Waals surface area contributed by atoms with Crippen molar-refractivity contribution in [2.24, 2.45) is 0 Å². The van der Waals surface area contributed by atoms with Crippen LogP contribution in [0.4, 0.5) is 0 Å². The number of hydrogen-bond donors (Lipinski definition) is 0. The molecule has 0 aliphatic heterocycles. The SMILES string of the molecule is Cc1cc(C(Cl)Cc2cccc(Cl)c2)ccc1Br. The Bertz CT molecular complexity index is 552. The molecule has 0 heterocycles. The Hall–Kier alpha value is -0.500. The Morgan fingerprint density at radius 2 is 1.94 bits per heavy atom. The fraction of sp³-hybridized carbons (Fsp3) is 0.200. The molecule has 0 nitrogen and oxygen atoms in total. The Labute approximate surface area is 126 Å². The molecule has 1 atom stereocenters. The van der Waals surface area contributed by atoms with Crippen LogP contribution < -0.4 is 0 Å². The first-order valence-electron chi connectivity index (χ1n) is 5.71. The number of rotatable bonds is 3. The largest absolute Gasteiger partial charge is 0.117 e. The fourth-order valence-electron chi connectivity index (χ4n) is 1.85. The topological polar surface area (TPSA) is 0 Å². The van der Waals surface area contributed by atoms with Gasteiger partial charge in [-0.1, -0.05) is 51.8 Å². The van der Waals surface area contributed by atoms with E-state index in [-0.39, 0.29) is 5.38 Å². The van der Waals surface area contributed by atoms with Gasteiger partial charge in [0.05, 0.1) is 5.38 Å². The van der Waals surface area contributed by atoms with Crippen LogP contribution in [0.15, 0.2) is 46.9 Å². The normalized spacial score (nSPS) is 12.4. The summed E-state index contributed by atoms with van der Waals surface area (Å²) in [6.07, 6.45) is 0.781. The molecule has 0 fully saturated rings. The van der Waals surface area contributed by atoms with Gasteiger partial charge in [-0.3, -0.25) is 0 Å². The smallest absolute Gasteiger partial charge is 0.0625 e. The molecule has 18 heavy (non-hydrogen) atoms. The van der Waals surface area contributed by atoms with E-state index in [1.165, 1.54) is 5.56 Å². The standard InChI is InChI=1S/C15H13BrCl2/c1-10-7-12(5-6-14(10)16)15(18)9-11-3-2-4-13(17)8-11/h2-8,15H,9H2,1H3. The summed E-state index contributed by atoms with van der Waals surface area (Å²) in [5.74, 6) is 0. The third-order valence-corrected chi connectivity index (χ3v) is 4.38. The first-order chi connectivity index (χ1) is 8.56. The number of halogens is 3. The van der Waals surface area contributed by atoms with Crippen molar-refractivity contribution in [3.63, 3.8) is 0 Å². The van der Waals surface area contributed by atoms with E-state index in [1.807, 2.05) is 30.3 Å². The van der Waals surface area contributed by atoms with Gasteiger partial charge in [-0.05, 0) is 48.2 Å². The highest BCUT2D eigenvalue weighted by molar-refractivity contribution is 9.10. The molecular weight excluding hydrogens is 331 g/mol. The van der Waals surface area contributed by atoms with E-state index in [0.29, 0.717) is 0 Å². The minimum absolute atomic E-state index is 0.0322. The molecule has 0 saturated heterocycles. The van der Waals surface area contributed by atoms with Gasteiger partial charge in [-0.15, -0.1) is 11.6 Å². The third-order valence-electron chi connectivity index (χ3n) is 2.85. The van der Waals surface area contributed by atoms with Crippen molar-refractivity contribution in [1.82, 2.24) is 0 Å². The van der Waals surface area contributed by atoms with Gasteiger partial charge in [0.2, 0.25) is 0 Å². The number of hydrogen-bond acceptors (Lipinski definition) is 0. The van der Waals surface area contributed by atoms with Gasteiger partial charge in [-0.2, -0.15) is 0 Å². The minimum Gasteiger partial charge on any atom is -0.117 e. The molecule has 0 saturated carbocycles. The summed E-state index contributed by atoms with van der Waals surface area (Å²) < 4.78 is 1.11. The first-order valence-corrected chi connectivity index (χ1v) is 7.31. The minimum atomic E-state index is -0.0322. The highest BCUT2D eigenvalue weighted by Crippen LogP contribution is 2.28. The molecule has 0 amide bonds. The summed E-state index contributed by atoms with van der Waals surface area (Å²) in [6, 6.07) is 14.0. The molecular formula is C15H13BrCl2. The molecule has 2 rings (SSSR count). The molecule has 0 N–H and O–H groups in total. The maximum atomic E-state index is 6.46. The van der Waals surface area contributed by atoms with Crippen molar-refractivity contribution in [3.8, 4) is 0 Å². The third kappa shape index (κ3) is 3.50. The second-order valence-corrected chi connectivity index (χ2v) is 6.13. The maximum Gasteiger partial charge on any atom is 0.0625 e. The lowest BCUT2D eigenvalue weighted by molar-refractivity contribution is 0.917. The van der Waals surface area contributed by atoms with Gasteiger partial charge in [0, 0.05) is 9.50 Å². The highest BCUT2D eigenvalue weighted by Gasteiger charge is 2.10. The lowest BCUT2D eigenvalue weighted by Crippen LogP contribution is -1.96. The van der Waals surface area contributed by atoms with Crippen LogP contribution >= 0.6 is 39.1 Å². The Balaban J connectivity index is 2.16. The summed E-state index contributed by atoms with van der Waals surface area (Å²) in [6.45, 7) is 2.07. The van der Waals surface area contributed by atoms with Crippen molar-refractivity contribution in [2.75, 3.05) is 0 Å². The Morgan fingerprint density at radius 1 is 1.17 bits per heavy atom. The fourth-order valence-corrected chi connectivity index (χ4v) is 2.62. The van der Waals surface area contributed by atoms with Crippen molar-refractivity contribution >= 4 is 39.1 Å². The first kappa shape index (κ1) is 13.9. The van der Waals surface area contributed by atoms with Crippen molar-refractivity contribution in [2.45, 2.75) is 18.7 Å². The second-order valence-electron chi connectivity index (χ2n) is 4.31. The van der Waals surface area contributed by atoms with Crippen LogP contribution in [0.3, 0.4) is 0 Å². The number of alkyl halides is 1. The van der Waals surface area contributed by atoms with Gasteiger partial charge in [0.1, 0.15) is 0 Å². The van der Waals surface area contributed by atoms with Crippen LogP contribution in [0.1, 0.15) is 22.1 Å². The van der Waals surface area contributed by atoms with E-state index in [4.69, 9.17) is 23.2 Å². The number of benzene rings is 2. The molecule has 0 bridgehead atoms. The summed E-state index contributed by atoms with van der Waals surface area (Å²) in [5.41, 5.74) is 3.49. The van der Waals surface area contributed by atoms with E-state index in [0.717, 1.165) is 27.0 Å². The summed E-state index contributed by atoms with van der Waals surface area (Å²) in [4.78, 5) is 0. The predicted octanol–water partition coefficient (Wildman–Crippen LogP) is 5.93. The molecule has 0 aliphatic rings. The van der Waals surface area contributed by atoms with E-state index in [9.17, 15) is 0 Å². The van der Waals surface area contributed by atoms with Crippen LogP contribution in [-0.4, -0.2) is 0 Å². The zero-order valence-electron chi connectivity index (χ0n) is 9.96. The van der Waals surface area contributed by atoms with Crippen LogP contribution in [0.25, 0.3) is 0 Å². The summed E-state index contributed by atoms with van der Waals surface area (Å²) in [5, 5.41) is 0.721. The molecule has 0 aromatic heterocycles. The van der Waals surface area contributed by atoms with Crippen LogP contribution in [0.2, 0.25) is 5.02 Å². The molecule has 0 spiro atoms. The maximum absolute atomic E-state index is 6.46. The van der Waals surface area contributed by atoms with E-state index in [1.54, 1.807) is 0 Å². The Kier molecular flexibility index (Phi) is 4.71. The van der Waals surface area contributed by atoms with Crippen molar-refractivity contribution in [3.05, 3.63) is 68.7 Å². The lowest BCUT2D eigenvalue weighted by Gasteiger charge is -2.11. The van der Waals surface area contributed by atoms with Crippen LogP contribution in [0, 0.1) is 6.92 Å². The monoisotopic (exact) mass is 342 g/mol. The molecule has 0 aliphatic carbocycles. The average molecular weight is 344 g/mol. The molecule has 1 unspecified atom stereocenters.